The molecule has 0 saturated heterocycles. The molecule has 1 unspecified atom stereocenters. The molecule has 1 heterocycles. The summed E-state index contributed by atoms with van der Waals surface area (Å²) in [6.45, 7) is 0. The van der Waals surface area contributed by atoms with Crippen LogP contribution in [0.2, 0.25) is 5.02 Å². The Kier molecular flexibility index (Phi) is 4.70. The van der Waals surface area contributed by atoms with Gasteiger partial charge in [0.15, 0.2) is 0 Å². The van der Waals surface area contributed by atoms with E-state index in [4.69, 9.17) is 17.4 Å². The molecule has 0 aliphatic carbocycles. The number of pyridine rings is 1. The minimum absolute atomic E-state index is 0.135. The smallest absolute Gasteiger partial charge is 0.0463 e. The predicted octanol–water partition coefficient (Wildman–Crippen LogP) is 2.87. The maximum atomic E-state index is 5.87. The summed E-state index contributed by atoms with van der Waals surface area (Å²) in [5.74, 6) is 5.61. The van der Waals surface area contributed by atoms with Gasteiger partial charge in [-0.15, -0.1) is 0 Å². The summed E-state index contributed by atoms with van der Waals surface area (Å²) in [5, 5.41) is 0.739. The Morgan fingerprint density at radius 1 is 1.11 bits per heavy atom. The maximum Gasteiger partial charge on any atom is 0.0463 e. The predicted molar refractivity (Wildman–Crippen MR) is 74.1 cm³/mol. The molecule has 0 aliphatic heterocycles. The first-order chi connectivity index (χ1) is 8.79. The molecule has 0 amide bonds. The van der Waals surface area contributed by atoms with Crippen LogP contribution in [-0.4, -0.2) is 4.98 Å². The highest BCUT2D eigenvalue weighted by atomic mass is 35.5. The molecule has 94 valence electrons. The number of hydrogen-bond donors (Lipinski definition) is 2. The van der Waals surface area contributed by atoms with Crippen molar-refractivity contribution in [1.29, 1.82) is 0 Å². The largest absolute Gasteiger partial charge is 0.271 e. The van der Waals surface area contributed by atoms with Crippen molar-refractivity contribution in [2.75, 3.05) is 0 Å². The van der Waals surface area contributed by atoms with Gasteiger partial charge in [0.25, 0.3) is 0 Å². The van der Waals surface area contributed by atoms with Crippen molar-refractivity contribution in [2.24, 2.45) is 5.84 Å². The third-order valence-corrected chi connectivity index (χ3v) is 3.20. The van der Waals surface area contributed by atoms with Crippen LogP contribution in [0.5, 0.6) is 0 Å². The first kappa shape index (κ1) is 13.0. The fourth-order valence-corrected chi connectivity index (χ4v) is 2.03. The molecule has 2 rings (SSSR count). The van der Waals surface area contributed by atoms with Crippen molar-refractivity contribution in [3.05, 3.63) is 64.9 Å². The van der Waals surface area contributed by atoms with E-state index in [1.807, 2.05) is 48.8 Å². The molecule has 1 aromatic heterocycles. The summed E-state index contributed by atoms with van der Waals surface area (Å²) in [6, 6.07) is 11.9. The Labute approximate surface area is 112 Å². The molecule has 0 bridgehead atoms. The van der Waals surface area contributed by atoms with E-state index in [0.29, 0.717) is 0 Å². The number of nitrogens with two attached hydrogens (primary N) is 1. The Morgan fingerprint density at radius 2 is 1.78 bits per heavy atom. The number of nitrogens with one attached hydrogen (secondary N) is 1. The highest BCUT2D eigenvalue weighted by Crippen LogP contribution is 2.20. The third kappa shape index (κ3) is 3.53. The molecule has 1 atom stereocenters. The van der Waals surface area contributed by atoms with Gasteiger partial charge in [0.1, 0.15) is 0 Å². The van der Waals surface area contributed by atoms with Crippen molar-refractivity contribution in [2.45, 2.75) is 18.9 Å². The maximum absolute atomic E-state index is 5.87. The lowest BCUT2D eigenvalue weighted by molar-refractivity contribution is 0.516. The second kappa shape index (κ2) is 6.50. The van der Waals surface area contributed by atoms with Crippen LogP contribution in [0.4, 0.5) is 0 Å². The van der Waals surface area contributed by atoms with Gasteiger partial charge in [0, 0.05) is 23.5 Å². The minimum atomic E-state index is 0.135. The van der Waals surface area contributed by atoms with Crippen molar-refractivity contribution in [1.82, 2.24) is 10.4 Å². The SMILES string of the molecule is NNC(CCc1ccncc1)c1ccc(Cl)cc1. The van der Waals surface area contributed by atoms with Gasteiger partial charge < -0.3 is 0 Å². The quantitative estimate of drug-likeness (QED) is 0.643. The molecular weight excluding hydrogens is 246 g/mol. The van der Waals surface area contributed by atoms with Gasteiger partial charge in [-0.2, -0.15) is 0 Å². The average molecular weight is 262 g/mol. The molecular formula is C14H16ClN3. The Balaban J connectivity index is 1.99. The fourth-order valence-electron chi connectivity index (χ4n) is 1.90. The van der Waals surface area contributed by atoms with Crippen LogP contribution in [0.15, 0.2) is 48.8 Å². The lowest BCUT2D eigenvalue weighted by Crippen LogP contribution is -2.28. The lowest BCUT2D eigenvalue weighted by Gasteiger charge is -2.16. The lowest BCUT2D eigenvalue weighted by atomic mass is 10.00. The molecule has 4 heteroatoms. The third-order valence-electron chi connectivity index (χ3n) is 2.94. The van der Waals surface area contributed by atoms with Crippen LogP contribution < -0.4 is 11.3 Å². The number of aromatic nitrogens is 1. The average Bonchev–Trinajstić information content (AvgIpc) is 2.42. The second-order valence-electron chi connectivity index (χ2n) is 4.16. The standard InChI is InChI=1S/C14H16ClN3/c15-13-4-2-12(3-5-13)14(18-16)6-1-11-7-9-17-10-8-11/h2-5,7-10,14,18H,1,6,16H2. The number of aryl methyl sites for hydroxylation is 1. The number of rotatable bonds is 5. The van der Waals surface area contributed by atoms with E-state index in [1.165, 1.54) is 5.56 Å². The van der Waals surface area contributed by atoms with Gasteiger partial charge in [-0.3, -0.25) is 16.3 Å². The molecule has 2 aromatic rings. The molecule has 3 N–H and O–H groups in total. The Morgan fingerprint density at radius 3 is 2.39 bits per heavy atom. The monoisotopic (exact) mass is 261 g/mol. The van der Waals surface area contributed by atoms with E-state index in [-0.39, 0.29) is 6.04 Å². The van der Waals surface area contributed by atoms with Crippen molar-refractivity contribution in [3.8, 4) is 0 Å². The summed E-state index contributed by atoms with van der Waals surface area (Å²) in [5.41, 5.74) is 5.26. The molecule has 3 nitrogen and oxygen atoms in total. The van der Waals surface area contributed by atoms with E-state index in [1.54, 1.807) is 0 Å². The highest BCUT2D eigenvalue weighted by Gasteiger charge is 2.09. The van der Waals surface area contributed by atoms with Gasteiger partial charge in [0.2, 0.25) is 0 Å². The van der Waals surface area contributed by atoms with Gasteiger partial charge in [-0.25, -0.2) is 0 Å². The van der Waals surface area contributed by atoms with Crippen molar-refractivity contribution >= 4 is 11.6 Å². The molecule has 0 radical (unpaired) electrons. The van der Waals surface area contributed by atoms with Gasteiger partial charge in [-0.05, 0) is 48.2 Å². The first-order valence-electron chi connectivity index (χ1n) is 5.90. The summed E-state index contributed by atoms with van der Waals surface area (Å²) in [6.07, 6.45) is 5.51. The van der Waals surface area contributed by atoms with Crippen molar-refractivity contribution < 1.29 is 0 Å². The normalized spacial score (nSPS) is 12.3. The minimum Gasteiger partial charge on any atom is -0.271 e. The molecule has 0 spiro atoms. The summed E-state index contributed by atoms with van der Waals surface area (Å²) >= 11 is 5.87. The highest BCUT2D eigenvalue weighted by molar-refractivity contribution is 6.30. The number of hydrazine groups is 1. The zero-order valence-corrected chi connectivity index (χ0v) is 10.8. The van der Waals surface area contributed by atoms with Gasteiger partial charge in [-0.1, -0.05) is 23.7 Å². The Bertz CT molecular complexity index is 470. The Hall–Kier alpha value is -1.42. The summed E-state index contributed by atoms with van der Waals surface area (Å²) in [4.78, 5) is 4.01. The van der Waals surface area contributed by atoms with Crippen molar-refractivity contribution in [3.63, 3.8) is 0 Å². The molecule has 0 aliphatic rings. The first-order valence-corrected chi connectivity index (χ1v) is 6.28. The molecule has 18 heavy (non-hydrogen) atoms. The van der Waals surface area contributed by atoms with Crippen LogP contribution in [0, 0.1) is 0 Å². The van der Waals surface area contributed by atoms with E-state index >= 15 is 0 Å². The second-order valence-corrected chi connectivity index (χ2v) is 4.60. The molecule has 1 aromatic carbocycles. The van der Waals surface area contributed by atoms with Crippen LogP contribution >= 0.6 is 11.6 Å². The fraction of sp³-hybridized carbons (Fsp3) is 0.214. The topological polar surface area (TPSA) is 50.9 Å². The van der Waals surface area contributed by atoms with E-state index in [9.17, 15) is 0 Å². The number of nitrogens with zero attached hydrogens (tertiary/aromatic N) is 1. The van der Waals surface area contributed by atoms with E-state index in [2.05, 4.69) is 10.4 Å². The van der Waals surface area contributed by atoms with E-state index < -0.39 is 0 Å². The number of benzene rings is 1. The number of halogens is 1. The van der Waals surface area contributed by atoms with Crippen LogP contribution in [0.1, 0.15) is 23.6 Å². The molecule has 0 saturated carbocycles. The zero-order chi connectivity index (χ0) is 12.8. The van der Waals surface area contributed by atoms with Crippen LogP contribution in [0.3, 0.4) is 0 Å². The number of hydrogen-bond acceptors (Lipinski definition) is 3. The van der Waals surface area contributed by atoms with Gasteiger partial charge in [0.05, 0.1) is 0 Å². The van der Waals surface area contributed by atoms with E-state index in [0.717, 1.165) is 23.4 Å². The molecule has 0 fully saturated rings. The van der Waals surface area contributed by atoms with Crippen LogP contribution in [-0.2, 0) is 6.42 Å². The van der Waals surface area contributed by atoms with Gasteiger partial charge >= 0.3 is 0 Å². The summed E-state index contributed by atoms with van der Waals surface area (Å²) < 4.78 is 0. The zero-order valence-electron chi connectivity index (χ0n) is 10.0. The van der Waals surface area contributed by atoms with Crippen LogP contribution in [0.25, 0.3) is 0 Å². The summed E-state index contributed by atoms with van der Waals surface area (Å²) in [7, 11) is 0.